The minimum Gasteiger partial charge on any atom is -0.493 e. The van der Waals surface area contributed by atoms with Gasteiger partial charge >= 0.3 is 5.97 Å². The minimum absolute atomic E-state index is 0.234. The molecule has 1 heterocycles. The van der Waals surface area contributed by atoms with Crippen LogP contribution >= 0.6 is 22.6 Å². The number of nitrogens with zero attached hydrogens (tertiary/aromatic N) is 1. The van der Waals surface area contributed by atoms with E-state index in [-0.39, 0.29) is 5.70 Å². The Labute approximate surface area is 210 Å². The van der Waals surface area contributed by atoms with Gasteiger partial charge in [-0.1, -0.05) is 54.6 Å². The molecule has 0 fully saturated rings. The predicted molar refractivity (Wildman–Crippen MR) is 141 cm³/mol. The van der Waals surface area contributed by atoms with Crippen LogP contribution in [0, 0.1) is 3.57 Å². The zero-order valence-electron chi connectivity index (χ0n) is 18.3. The zero-order chi connectivity index (χ0) is 23.5. The summed E-state index contributed by atoms with van der Waals surface area (Å²) >= 11 is 2.29. The molecule has 0 aliphatic carbocycles. The fourth-order valence-corrected chi connectivity index (χ4v) is 4.22. The van der Waals surface area contributed by atoms with E-state index in [1.54, 1.807) is 13.2 Å². The number of hydrogen-bond donors (Lipinski definition) is 0. The number of ether oxygens (including phenoxy) is 3. The van der Waals surface area contributed by atoms with Crippen LogP contribution in [0.15, 0.2) is 95.6 Å². The van der Waals surface area contributed by atoms with Gasteiger partial charge in [-0.05, 0) is 75.3 Å². The van der Waals surface area contributed by atoms with E-state index < -0.39 is 5.97 Å². The summed E-state index contributed by atoms with van der Waals surface area (Å²) in [5.74, 6) is 1.01. The Morgan fingerprint density at radius 3 is 2.53 bits per heavy atom. The van der Waals surface area contributed by atoms with Crippen molar-refractivity contribution in [2.24, 2.45) is 4.99 Å². The van der Waals surface area contributed by atoms with E-state index in [1.165, 1.54) is 0 Å². The van der Waals surface area contributed by atoms with E-state index in [2.05, 4.69) is 27.6 Å². The van der Waals surface area contributed by atoms with Gasteiger partial charge in [-0.3, -0.25) is 0 Å². The van der Waals surface area contributed by atoms with E-state index in [1.807, 2.05) is 84.9 Å². The first-order valence-electron chi connectivity index (χ1n) is 10.7. The molecule has 0 bridgehead atoms. The molecule has 0 N–H and O–H groups in total. The number of esters is 1. The molecule has 5 nitrogen and oxygen atoms in total. The van der Waals surface area contributed by atoms with Gasteiger partial charge in [0.05, 0.1) is 7.11 Å². The number of rotatable bonds is 6. The normalized spacial score (nSPS) is 14.2. The van der Waals surface area contributed by atoms with Gasteiger partial charge in [-0.2, -0.15) is 0 Å². The first-order chi connectivity index (χ1) is 16.6. The van der Waals surface area contributed by atoms with Crippen molar-refractivity contribution in [3.8, 4) is 11.5 Å². The highest BCUT2D eigenvalue weighted by Gasteiger charge is 2.24. The number of hydrogen-bond acceptors (Lipinski definition) is 5. The number of cyclic esters (lactones) is 1. The largest absolute Gasteiger partial charge is 0.493 e. The van der Waals surface area contributed by atoms with Crippen LogP contribution in [0.25, 0.3) is 16.8 Å². The molecule has 34 heavy (non-hydrogen) atoms. The first-order valence-corrected chi connectivity index (χ1v) is 11.7. The maximum Gasteiger partial charge on any atom is 0.363 e. The summed E-state index contributed by atoms with van der Waals surface area (Å²) in [7, 11) is 1.59. The Morgan fingerprint density at radius 2 is 1.71 bits per heavy atom. The van der Waals surface area contributed by atoms with Gasteiger partial charge in [0.15, 0.2) is 17.2 Å². The molecule has 4 aromatic carbocycles. The topological polar surface area (TPSA) is 57.1 Å². The SMILES string of the molecule is COc1cc(/C=C2\N=C(c3ccc4ccccc4c3)OC2=O)ccc1OCc1ccccc1I. The van der Waals surface area contributed by atoms with Crippen molar-refractivity contribution >= 4 is 51.3 Å². The van der Waals surface area contributed by atoms with Crippen molar-refractivity contribution in [2.45, 2.75) is 6.61 Å². The molecule has 0 saturated heterocycles. The molecule has 0 unspecified atom stereocenters. The van der Waals surface area contributed by atoms with Crippen LogP contribution in [0.1, 0.15) is 16.7 Å². The molecule has 0 spiro atoms. The highest BCUT2D eigenvalue weighted by molar-refractivity contribution is 14.1. The highest BCUT2D eigenvalue weighted by atomic mass is 127. The van der Waals surface area contributed by atoms with Crippen LogP contribution in [-0.4, -0.2) is 19.0 Å². The molecule has 0 atom stereocenters. The van der Waals surface area contributed by atoms with Crippen LogP contribution < -0.4 is 9.47 Å². The summed E-state index contributed by atoms with van der Waals surface area (Å²) in [5, 5.41) is 2.17. The molecule has 168 valence electrons. The Morgan fingerprint density at radius 1 is 0.912 bits per heavy atom. The smallest absolute Gasteiger partial charge is 0.363 e. The molecule has 0 radical (unpaired) electrons. The summed E-state index contributed by atoms with van der Waals surface area (Å²) in [4.78, 5) is 16.9. The third-order valence-electron chi connectivity index (χ3n) is 5.45. The minimum atomic E-state index is -0.485. The Hall–Kier alpha value is -3.65. The van der Waals surface area contributed by atoms with Crippen LogP contribution in [0.5, 0.6) is 11.5 Å². The second-order valence-electron chi connectivity index (χ2n) is 7.69. The second kappa shape index (κ2) is 9.69. The highest BCUT2D eigenvalue weighted by Crippen LogP contribution is 2.31. The summed E-state index contributed by atoms with van der Waals surface area (Å²) < 4.78 is 18.1. The van der Waals surface area contributed by atoms with Crippen molar-refractivity contribution < 1.29 is 19.0 Å². The van der Waals surface area contributed by atoms with Gasteiger partial charge in [0.2, 0.25) is 5.90 Å². The van der Waals surface area contributed by atoms with E-state index >= 15 is 0 Å². The zero-order valence-corrected chi connectivity index (χ0v) is 20.5. The van der Waals surface area contributed by atoms with Crippen LogP contribution in [-0.2, 0) is 16.1 Å². The Kier molecular flexibility index (Phi) is 6.31. The molecule has 6 heteroatoms. The molecule has 0 saturated carbocycles. The van der Waals surface area contributed by atoms with Gasteiger partial charge in [-0.15, -0.1) is 0 Å². The van der Waals surface area contributed by atoms with Crippen molar-refractivity contribution in [3.63, 3.8) is 0 Å². The molecule has 1 aliphatic heterocycles. The lowest BCUT2D eigenvalue weighted by Gasteiger charge is -2.12. The van der Waals surface area contributed by atoms with E-state index in [0.29, 0.717) is 24.0 Å². The number of halogens is 1. The van der Waals surface area contributed by atoms with Crippen LogP contribution in [0.2, 0.25) is 0 Å². The third kappa shape index (κ3) is 4.68. The van der Waals surface area contributed by atoms with Crippen LogP contribution in [0.3, 0.4) is 0 Å². The average molecular weight is 561 g/mol. The predicted octanol–water partition coefficient (Wildman–Crippen LogP) is 6.38. The molecule has 5 rings (SSSR count). The van der Waals surface area contributed by atoms with Crippen molar-refractivity contribution in [2.75, 3.05) is 7.11 Å². The van der Waals surface area contributed by atoms with Gasteiger partial charge < -0.3 is 14.2 Å². The van der Waals surface area contributed by atoms with Gasteiger partial charge in [0.1, 0.15) is 6.61 Å². The second-order valence-corrected chi connectivity index (χ2v) is 8.85. The molecular formula is C28H20INO4. The number of aliphatic imine (C=N–C) groups is 1. The van der Waals surface area contributed by atoms with E-state index in [9.17, 15) is 4.79 Å². The number of fused-ring (bicyclic) bond motifs is 1. The number of methoxy groups -OCH3 is 1. The number of carbonyl (C=O) groups excluding carboxylic acids is 1. The van der Waals surface area contributed by atoms with Crippen molar-refractivity contribution in [3.05, 3.63) is 111 Å². The van der Waals surface area contributed by atoms with Gasteiger partial charge in [0, 0.05) is 14.7 Å². The first kappa shape index (κ1) is 22.2. The van der Waals surface area contributed by atoms with Crippen molar-refractivity contribution in [1.29, 1.82) is 0 Å². The summed E-state index contributed by atoms with van der Waals surface area (Å²) in [5.41, 5.74) is 2.85. The molecular weight excluding hydrogens is 541 g/mol. The fourth-order valence-electron chi connectivity index (χ4n) is 3.68. The van der Waals surface area contributed by atoms with Gasteiger partial charge in [0.25, 0.3) is 0 Å². The molecule has 0 aromatic heterocycles. The lowest BCUT2D eigenvalue weighted by Crippen LogP contribution is -2.05. The quantitative estimate of drug-likeness (QED) is 0.156. The molecule has 0 amide bonds. The summed E-state index contributed by atoms with van der Waals surface area (Å²) in [6.07, 6.45) is 1.68. The monoisotopic (exact) mass is 561 g/mol. The number of carbonyl (C=O) groups is 1. The third-order valence-corrected chi connectivity index (χ3v) is 6.50. The van der Waals surface area contributed by atoms with Crippen molar-refractivity contribution in [1.82, 2.24) is 0 Å². The standard InChI is InChI=1S/C28H20INO4/c1-32-26-15-18(10-13-25(26)33-17-22-8-4-5-9-23(22)29)14-24-28(31)34-27(30-24)21-12-11-19-6-2-3-7-20(19)16-21/h2-16H,17H2,1H3/b24-14-. The molecule has 4 aromatic rings. The Bertz CT molecular complexity index is 1460. The summed E-state index contributed by atoms with van der Waals surface area (Å²) in [6.45, 7) is 0.432. The average Bonchev–Trinajstić information content (AvgIpc) is 3.23. The Balaban J connectivity index is 1.38. The maximum absolute atomic E-state index is 12.5. The maximum atomic E-state index is 12.5. The lowest BCUT2D eigenvalue weighted by molar-refractivity contribution is -0.129. The summed E-state index contributed by atoms with van der Waals surface area (Å²) in [6, 6.07) is 27.4. The van der Waals surface area contributed by atoms with Gasteiger partial charge in [-0.25, -0.2) is 9.79 Å². The van der Waals surface area contributed by atoms with E-state index in [4.69, 9.17) is 14.2 Å². The van der Waals surface area contributed by atoms with E-state index in [0.717, 1.165) is 31.0 Å². The van der Waals surface area contributed by atoms with Crippen LogP contribution in [0.4, 0.5) is 0 Å². The fraction of sp³-hybridized carbons (Fsp3) is 0.0714. The number of benzene rings is 4. The lowest BCUT2D eigenvalue weighted by atomic mass is 10.1. The molecule has 1 aliphatic rings.